The van der Waals surface area contributed by atoms with Crippen LogP contribution < -0.4 is 9.64 Å². The Morgan fingerprint density at radius 1 is 0.926 bits per heavy atom. The van der Waals surface area contributed by atoms with Crippen LogP contribution in [-0.2, 0) is 6.42 Å². The zero-order valence-corrected chi connectivity index (χ0v) is 16.1. The third-order valence-corrected chi connectivity index (χ3v) is 7.38. The van der Waals surface area contributed by atoms with Gasteiger partial charge in [-0.2, -0.15) is 0 Å². The maximum Gasteiger partial charge on any atom is 0.251 e. The van der Waals surface area contributed by atoms with Crippen LogP contribution in [-0.4, -0.2) is 48.6 Å². The number of aryl methyl sites for hydroxylation is 1. The summed E-state index contributed by atoms with van der Waals surface area (Å²) in [5.41, 5.74) is 2.34. The predicted molar refractivity (Wildman–Crippen MR) is 103 cm³/mol. The molecule has 0 N–H and O–H groups in total. The zero-order chi connectivity index (χ0) is 18.5. The second kappa shape index (κ2) is 6.61. The van der Waals surface area contributed by atoms with E-state index in [1.165, 1.54) is 37.9 Å². The zero-order valence-electron chi connectivity index (χ0n) is 16.1. The first-order valence-electron chi connectivity index (χ1n) is 10.7. The Balaban J connectivity index is 1.24. The molecule has 0 amide bonds. The normalized spacial score (nSPS) is 27.7. The molecule has 0 unspecified atom stereocenters. The highest BCUT2D eigenvalue weighted by atomic mass is 19.3. The molecule has 1 aliphatic carbocycles. The van der Waals surface area contributed by atoms with Crippen LogP contribution in [0.15, 0.2) is 18.2 Å². The lowest BCUT2D eigenvalue weighted by molar-refractivity contribution is -0.0337. The molecule has 0 radical (unpaired) electrons. The standard InChI is InChI=1S/C22H30F2N2O/c23-22(24)10-14-26(15-11-22)19-4-5-20-17(16-19)6-7-21(27-20)8-12-25(13-9-21)18-2-1-3-18/h4-5,16,18H,1-3,6-15H2. The van der Waals surface area contributed by atoms with Crippen molar-refractivity contribution >= 4 is 5.69 Å². The fourth-order valence-electron chi connectivity index (χ4n) is 5.20. The van der Waals surface area contributed by atoms with Gasteiger partial charge in [-0.05, 0) is 62.3 Å². The number of anilines is 1. The molecule has 0 aromatic heterocycles. The summed E-state index contributed by atoms with van der Waals surface area (Å²) in [5, 5.41) is 0. The number of halogens is 2. The Morgan fingerprint density at radius 3 is 2.33 bits per heavy atom. The van der Waals surface area contributed by atoms with Gasteiger partial charge in [0, 0.05) is 50.7 Å². The van der Waals surface area contributed by atoms with Crippen LogP contribution in [0.25, 0.3) is 0 Å². The highest BCUT2D eigenvalue weighted by Gasteiger charge is 2.41. The maximum absolute atomic E-state index is 13.4. The molecule has 1 aromatic rings. The van der Waals surface area contributed by atoms with Gasteiger partial charge < -0.3 is 14.5 Å². The van der Waals surface area contributed by atoms with Gasteiger partial charge in [-0.15, -0.1) is 0 Å². The third-order valence-electron chi connectivity index (χ3n) is 7.38. The molecule has 4 aliphatic rings. The lowest BCUT2D eigenvalue weighted by Gasteiger charge is -2.48. The average Bonchev–Trinajstić information content (AvgIpc) is 2.62. The number of benzene rings is 1. The van der Waals surface area contributed by atoms with Crippen LogP contribution in [0.4, 0.5) is 14.5 Å². The van der Waals surface area contributed by atoms with E-state index in [1.807, 2.05) is 0 Å². The van der Waals surface area contributed by atoms with Crippen molar-refractivity contribution in [1.82, 2.24) is 4.90 Å². The van der Waals surface area contributed by atoms with Crippen molar-refractivity contribution in [1.29, 1.82) is 0 Å². The first-order chi connectivity index (χ1) is 13.0. The van der Waals surface area contributed by atoms with Crippen molar-refractivity contribution in [2.24, 2.45) is 0 Å². The molecular weight excluding hydrogens is 346 g/mol. The molecule has 5 rings (SSSR count). The molecule has 148 valence electrons. The van der Waals surface area contributed by atoms with Gasteiger partial charge in [-0.3, -0.25) is 0 Å². The molecular formula is C22H30F2N2O. The minimum atomic E-state index is -2.49. The summed E-state index contributed by atoms with van der Waals surface area (Å²) in [6.45, 7) is 3.21. The lowest BCUT2D eigenvalue weighted by Crippen LogP contribution is -2.53. The van der Waals surface area contributed by atoms with Crippen molar-refractivity contribution in [2.75, 3.05) is 31.1 Å². The number of alkyl halides is 2. The SMILES string of the molecule is FC1(F)CCN(c2ccc3c(c2)CCC2(CCN(C4CCC4)CC2)O3)CC1. The fourth-order valence-corrected chi connectivity index (χ4v) is 5.20. The van der Waals surface area contributed by atoms with E-state index in [2.05, 4.69) is 28.0 Å². The molecule has 5 heteroatoms. The number of fused-ring (bicyclic) bond motifs is 1. The molecule has 1 aromatic carbocycles. The molecule has 0 bridgehead atoms. The summed E-state index contributed by atoms with van der Waals surface area (Å²) in [4.78, 5) is 4.77. The highest BCUT2D eigenvalue weighted by molar-refractivity contribution is 5.54. The van der Waals surface area contributed by atoms with E-state index < -0.39 is 5.92 Å². The first-order valence-corrected chi connectivity index (χ1v) is 10.7. The molecule has 3 heterocycles. The van der Waals surface area contributed by atoms with Crippen molar-refractivity contribution in [3.05, 3.63) is 23.8 Å². The van der Waals surface area contributed by atoms with Gasteiger partial charge in [0.2, 0.25) is 0 Å². The number of nitrogens with zero attached hydrogens (tertiary/aromatic N) is 2. The molecule has 2 saturated heterocycles. The van der Waals surface area contributed by atoms with Crippen LogP contribution in [0.5, 0.6) is 5.75 Å². The van der Waals surface area contributed by atoms with Crippen LogP contribution in [0.3, 0.4) is 0 Å². The summed E-state index contributed by atoms with van der Waals surface area (Å²) in [7, 11) is 0. The number of piperidine rings is 2. The fraction of sp³-hybridized carbons (Fsp3) is 0.727. The maximum atomic E-state index is 13.4. The minimum Gasteiger partial charge on any atom is -0.487 e. The summed E-state index contributed by atoms with van der Waals surface area (Å²) in [5.74, 6) is -1.47. The predicted octanol–water partition coefficient (Wildman–Crippen LogP) is 4.63. The second-order valence-corrected chi connectivity index (χ2v) is 9.04. The van der Waals surface area contributed by atoms with E-state index in [1.54, 1.807) is 0 Å². The van der Waals surface area contributed by atoms with Gasteiger partial charge >= 0.3 is 0 Å². The van der Waals surface area contributed by atoms with E-state index in [4.69, 9.17) is 4.74 Å². The monoisotopic (exact) mass is 376 g/mol. The topological polar surface area (TPSA) is 15.7 Å². The Bertz CT molecular complexity index is 686. The van der Waals surface area contributed by atoms with E-state index in [0.29, 0.717) is 13.1 Å². The summed E-state index contributed by atoms with van der Waals surface area (Å²) in [6, 6.07) is 7.15. The molecule has 1 spiro atoms. The van der Waals surface area contributed by atoms with Crippen molar-refractivity contribution < 1.29 is 13.5 Å². The number of rotatable bonds is 2. The van der Waals surface area contributed by atoms with Gasteiger partial charge in [0.25, 0.3) is 5.92 Å². The average molecular weight is 376 g/mol. The largest absolute Gasteiger partial charge is 0.487 e. The Morgan fingerprint density at radius 2 is 1.67 bits per heavy atom. The molecule has 27 heavy (non-hydrogen) atoms. The van der Waals surface area contributed by atoms with Gasteiger partial charge in [-0.1, -0.05) is 6.42 Å². The van der Waals surface area contributed by atoms with Gasteiger partial charge in [0.15, 0.2) is 0 Å². The lowest BCUT2D eigenvalue weighted by atomic mass is 9.81. The molecule has 3 fully saturated rings. The number of hydrogen-bond donors (Lipinski definition) is 0. The first kappa shape index (κ1) is 17.7. The van der Waals surface area contributed by atoms with E-state index in [-0.39, 0.29) is 18.4 Å². The number of hydrogen-bond acceptors (Lipinski definition) is 3. The Kier molecular flexibility index (Phi) is 4.34. The van der Waals surface area contributed by atoms with Crippen molar-refractivity contribution in [3.63, 3.8) is 0 Å². The van der Waals surface area contributed by atoms with Gasteiger partial charge in [0.05, 0.1) is 0 Å². The molecule has 0 atom stereocenters. The smallest absolute Gasteiger partial charge is 0.251 e. The van der Waals surface area contributed by atoms with E-state index >= 15 is 0 Å². The van der Waals surface area contributed by atoms with Crippen LogP contribution >= 0.6 is 0 Å². The van der Waals surface area contributed by atoms with Crippen molar-refractivity contribution in [3.8, 4) is 5.75 Å². The Labute approximate surface area is 160 Å². The molecule has 3 nitrogen and oxygen atoms in total. The quantitative estimate of drug-likeness (QED) is 0.748. The van der Waals surface area contributed by atoms with Crippen LogP contribution in [0.1, 0.15) is 56.9 Å². The molecule has 1 saturated carbocycles. The number of ether oxygens (including phenoxy) is 1. The molecule has 3 aliphatic heterocycles. The highest BCUT2D eigenvalue weighted by Crippen LogP contribution is 2.42. The van der Waals surface area contributed by atoms with E-state index in [0.717, 1.165) is 43.2 Å². The summed E-state index contributed by atoms with van der Waals surface area (Å²) < 4.78 is 33.4. The van der Waals surface area contributed by atoms with E-state index in [9.17, 15) is 8.78 Å². The van der Waals surface area contributed by atoms with Gasteiger partial charge in [0.1, 0.15) is 11.4 Å². The Hall–Kier alpha value is -1.36. The van der Waals surface area contributed by atoms with Crippen LogP contribution in [0, 0.1) is 0 Å². The van der Waals surface area contributed by atoms with Crippen molar-refractivity contribution in [2.45, 2.75) is 75.4 Å². The van der Waals surface area contributed by atoms with Gasteiger partial charge in [-0.25, -0.2) is 8.78 Å². The third kappa shape index (κ3) is 3.43. The van der Waals surface area contributed by atoms with Crippen LogP contribution in [0.2, 0.25) is 0 Å². The second-order valence-electron chi connectivity index (χ2n) is 9.04. The number of likely N-dealkylation sites (tertiary alicyclic amines) is 1. The minimum absolute atomic E-state index is 0.0158. The summed E-state index contributed by atoms with van der Waals surface area (Å²) in [6.07, 6.45) is 8.45. The summed E-state index contributed by atoms with van der Waals surface area (Å²) >= 11 is 0.